The lowest BCUT2D eigenvalue weighted by Gasteiger charge is -2.27. The molecule has 1 aromatic heterocycles. The Kier molecular flexibility index (Phi) is 8.17. The van der Waals surface area contributed by atoms with E-state index in [4.69, 9.17) is 14.9 Å². The van der Waals surface area contributed by atoms with Gasteiger partial charge in [0.25, 0.3) is 0 Å². The van der Waals surface area contributed by atoms with Gasteiger partial charge in [0.1, 0.15) is 17.5 Å². The molecule has 0 saturated heterocycles. The quantitative estimate of drug-likeness (QED) is 0.622. The number of carbonyl (C=O) groups is 3. The lowest BCUT2D eigenvalue weighted by Crippen LogP contribution is -2.43. The fourth-order valence-corrected chi connectivity index (χ4v) is 2.13. The van der Waals surface area contributed by atoms with Crippen molar-refractivity contribution in [1.29, 1.82) is 0 Å². The molecule has 1 aromatic rings. The van der Waals surface area contributed by atoms with E-state index in [1.165, 1.54) is 4.90 Å². The Morgan fingerprint density at radius 2 is 2.00 bits per heavy atom. The van der Waals surface area contributed by atoms with Crippen molar-refractivity contribution >= 4 is 23.8 Å². The first-order chi connectivity index (χ1) is 12.5. The van der Waals surface area contributed by atoms with E-state index in [2.05, 4.69) is 10.3 Å². The zero-order valence-corrected chi connectivity index (χ0v) is 16.1. The summed E-state index contributed by atoms with van der Waals surface area (Å²) < 4.78 is 5.40. The van der Waals surface area contributed by atoms with Gasteiger partial charge in [-0.25, -0.2) is 14.6 Å². The summed E-state index contributed by atoms with van der Waals surface area (Å²) in [5.74, 6) is -1.44. The maximum atomic E-state index is 12.5. The Balaban J connectivity index is 2.76. The summed E-state index contributed by atoms with van der Waals surface area (Å²) in [6, 6.07) is 2.18. The van der Waals surface area contributed by atoms with Gasteiger partial charge in [-0.2, -0.15) is 0 Å². The number of carboxylic acid groups (broad SMARTS) is 1. The third-order valence-electron chi connectivity index (χ3n) is 3.39. The van der Waals surface area contributed by atoms with E-state index in [0.717, 1.165) is 5.56 Å². The normalized spacial score (nSPS) is 12.2. The zero-order chi connectivity index (χ0) is 20.6. The first kappa shape index (κ1) is 22.4. The first-order valence-electron chi connectivity index (χ1n) is 8.59. The van der Waals surface area contributed by atoms with E-state index in [9.17, 15) is 14.4 Å². The summed E-state index contributed by atoms with van der Waals surface area (Å²) in [6.45, 7) is 6.59. The zero-order valence-electron chi connectivity index (χ0n) is 16.1. The highest BCUT2D eigenvalue weighted by Gasteiger charge is 2.25. The molecule has 0 aliphatic rings. The van der Waals surface area contributed by atoms with Crippen molar-refractivity contribution in [2.45, 2.75) is 52.2 Å². The number of anilines is 1. The second-order valence-electron chi connectivity index (χ2n) is 7.07. The topological polar surface area (TPSA) is 129 Å². The van der Waals surface area contributed by atoms with Crippen LogP contribution in [0.5, 0.6) is 0 Å². The third kappa shape index (κ3) is 8.04. The van der Waals surface area contributed by atoms with Crippen molar-refractivity contribution in [1.82, 2.24) is 10.3 Å². The Hall–Kier alpha value is -2.68. The van der Waals surface area contributed by atoms with Gasteiger partial charge in [0, 0.05) is 19.2 Å². The molecule has 1 atom stereocenters. The molecule has 9 nitrogen and oxygen atoms in total. The number of aromatic nitrogens is 1. The minimum absolute atomic E-state index is 0.0190. The maximum Gasteiger partial charge on any atom is 0.416 e. The molecule has 1 heterocycles. The molecule has 0 aromatic carbocycles. The molecule has 3 N–H and O–H groups in total. The highest BCUT2D eigenvalue weighted by molar-refractivity contribution is 5.87. The predicted octanol–water partition coefficient (Wildman–Crippen LogP) is 1.47. The van der Waals surface area contributed by atoms with Gasteiger partial charge in [0.15, 0.2) is 0 Å². The standard InChI is InChI=1S/C18H27N3O6/c1-12-7-8-19-14(10-12)21(17(26)27-18(2,3)4)9-5-6-15(23)20-13(11-22)16(24)25/h7-8,10,13,22H,5-6,9,11H2,1-4H3,(H,20,23)(H,24,25). The molecule has 0 radical (unpaired) electrons. The SMILES string of the molecule is Cc1ccnc(N(CCCC(=O)NC(CO)C(=O)O)C(=O)OC(C)(C)C)c1. The molecule has 150 valence electrons. The number of nitrogens with one attached hydrogen (secondary N) is 1. The number of aliphatic hydroxyl groups excluding tert-OH is 1. The van der Waals surface area contributed by atoms with Crippen LogP contribution < -0.4 is 10.2 Å². The monoisotopic (exact) mass is 381 g/mol. The minimum Gasteiger partial charge on any atom is -0.480 e. The Labute approximate surface area is 158 Å². The van der Waals surface area contributed by atoms with E-state index in [1.54, 1.807) is 39.1 Å². The lowest BCUT2D eigenvalue weighted by molar-refractivity contribution is -0.142. The first-order valence-corrected chi connectivity index (χ1v) is 8.59. The summed E-state index contributed by atoms with van der Waals surface area (Å²) in [6.07, 6.45) is 1.24. The van der Waals surface area contributed by atoms with Gasteiger partial charge in [0.05, 0.1) is 6.61 Å². The number of pyridine rings is 1. The molecule has 2 amide bonds. The van der Waals surface area contributed by atoms with Crippen LogP contribution in [0, 0.1) is 6.92 Å². The molecule has 1 unspecified atom stereocenters. The van der Waals surface area contributed by atoms with Gasteiger partial charge < -0.3 is 20.3 Å². The molecule has 0 fully saturated rings. The van der Waals surface area contributed by atoms with Crippen LogP contribution in [0.25, 0.3) is 0 Å². The van der Waals surface area contributed by atoms with Crippen molar-refractivity contribution < 1.29 is 29.3 Å². The molecule has 0 aliphatic carbocycles. The van der Waals surface area contributed by atoms with E-state index in [1.807, 2.05) is 6.92 Å². The maximum absolute atomic E-state index is 12.5. The van der Waals surface area contributed by atoms with Gasteiger partial charge in [0.2, 0.25) is 5.91 Å². The van der Waals surface area contributed by atoms with Gasteiger partial charge in [-0.15, -0.1) is 0 Å². The van der Waals surface area contributed by atoms with Crippen LogP contribution in [0.2, 0.25) is 0 Å². The molecule has 27 heavy (non-hydrogen) atoms. The van der Waals surface area contributed by atoms with Gasteiger partial charge in [-0.1, -0.05) is 0 Å². The number of aryl methyl sites for hydroxylation is 1. The van der Waals surface area contributed by atoms with E-state index >= 15 is 0 Å². The number of rotatable bonds is 8. The van der Waals surface area contributed by atoms with Crippen molar-refractivity contribution in [2.75, 3.05) is 18.1 Å². The van der Waals surface area contributed by atoms with Crippen molar-refractivity contribution in [3.05, 3.63) is 23.9 Å². The molecule has 1 rings (SSSR count). The molecule has 9 heteroatoms. The molecule has 0 spiro atoms. The second-order valence-corrected chi connectivity index (χ2v) is 7.07. The van der Waals surface area contributed by atoms with Crippen LogP contribution in [0.3, 0.4) is 0 Å². The van der Waals surface area contributed by atoms with Crippen molar-refractivity contribution in [3.8, 4) is 0 Å². The molecule has 0 saturated carbocycles. The molecule has 0 aliphatic heterocycles. The van der Waals surface area contributed by atoms with Gasteiger partial charge >= 0.3 is 12.1 Å². The van der Waals surface area contributed by atoms with Crippen LogP contribution in [-0.4, -0.2) is 58.0 Å². The van der Waals surface area contributed by atoms with Crippen molar-refractivity contribution in [2.24, 2.45) is 0 Å². The minimum atomic E-state index is -1.35. The van der Waals surface area contributed by atoms with E-state index < -0.39 is 36.2 Å². The number of aliphatic hydroxyl groups is 1. The lowest BCUT2D eigenvalue weighted by atomic mass is 10.2. The average molecular weight is 381 g/mol. The van der Waals surface area contributed by atoms with Crippen LogP contribution in [0.1, 0.15) is 39.2 Å². The highest BCUT2D eigenvalue weighted by Crippen LogP contribution is 2.18. The Morgan fingerprint density at radius 1 is 1.33 bits per heavy atom. The molecular weight excluding hydrogens is 354 g/mol. The number of hydrogen-bond acceptors (Lipinski definition) is 6. The summed E-state index contributed by atoms with van der Waals surface area (Å²) in [7, 11) is 0. The number of amides is 2. The van der Waals surface area contributed by atoms with Crippen LogP contribution in [0.15, 0.2) is 18.3 Å². The van der Waals surface area contributed by atoms with Crippen LogP contribution in [-0.2, 0) is 14.3 Å². The number of carboxylic acids is 1. The molecule has 0 bridgehead atoms. The number of nitrogens with zero attached hydrogens (tertiary/aromatic N) is 2. The van der Waals surface area contributed by atoms with E-state index in [0.29, 0.717) is 5.82 Å². The second kappa shape index (κ2) is 9.86. The van der Waals surface area contributed by atoms with E-state index in [-0.39, 0.29) is 19.4 Å². The van der Waals surface area contributed by atoms with Crippen LogP contribution >= 0.6 is 0 Å². The molecular formula is C18H27N3O6. The predicted molar refractivity (Wildman–Crippen MR) is 98.4 cm³/mol. The van der Waals surface area contributed by atoms with Crippen molar-refractivity contribution in [3.63, 3.8) is 0 Å². The largest absolute Gasteiger partial charge is 0.480 e. The number of ether oxygens (including phenoxy) is 1. The fourth-order valence-electron chi connectivity index (χ4n) is 2.13. The Morgan fingerprint density at radius 3 is 2.52 bits per heavy atom. The summed E-state index contributed by atoms with van der Waals surface area (Å²) in [5, 5.41) is 20.0. The Bertz CT molecular complexity index is 671. The number of aliphatic carboxylic acids is 1. The van der Waals surface area contributed by atoms with Gasteiger partial charge in [-0.3, -0.25) is 9.69 Å². The number of hydrogen-bond donors (Lipinski definition) is 3. The summed E-state index contributed by atoms with van der Waals surface area (Å²) in [5.41, 5.74) is 0.227. The number of carbonyl (C=O) groups excluding carboxylic acids is 2. The summed E-state index contributed by atoms with van der Waals surface area (Å²) in [4.78, 5) is 40.7. The third-order valence-corrected chi connectivity index (χ3v) is 3.39. The summed E-state index contributed by atoms with van der Waals surface area (Å²) >= 11 is 0. The highest BCUT2D eigenvalue weighted by atomic mass is 16.6. The van der Waals surface area contributed by atoms with Gasteiger partial charge in [-0.05, 0) is 51.8 Å². The fraction of sp³-hybridized carbons (Fsp3) is 0.556. The van der Waals surface area contributed by atoms with Crippen LogP contribution in [0.4, 0.5) is 10.6 Å². The smallest absolute Gasteiger partial charge is 0.416 e. The average Bonchev–Trinajstić information content (AvgIpc) is 2.54.